The molecule has 2 atom stereocenters. The van der Waals surface area contributed by atoms with Crippen molar-refractivity contribution in [3.05, 3.63) is 48.0 Å². The summed E-state index contributed by atoms with van der Waals surface area (Å²) in [7, 11) is 0. The molecule has 0 fully saturated rings. The van der Waals surface area contributed by atoms with Gasteiger partial charge in [0.2, 0.25) is 0 Å². The number of nitrogens with zero attached hydrogens (tertiary/aromatic N) is 3. The van der Waals surface area contributed by atoms with Gasteiger partial charge in [0.25, 0.3) is 0 Å². The molecule has 100 valence electrons. The Labute approximate surface area is 110 Å². The first-order valence-corrected chi connectivity index (χ1v) is 5.93. The number of benzene rings is 1. The number of hydrogen-bond acceptors (Lipinski definition) is 4. The zero-order valence-corrected chi connectivity index (χ0v) is 10.5. The lowest BCUT2D eigenvalue weighted by Crippen LogP contribution is -2.23. The molecular weight excluding hydrogens is 246 g/mol. The van der Waals surface area contributed by atoms with Gasteiger partial charge in [0.05, 0.1) is 0 Å². The van der Waals surface area contributed by atoms with Gasteiger partial charge in [0.1, 0.15) is 18.5 Å². The number of carbonyl (C=O) groups is 1. The molecule has 0 saturated heterocycles. The minimum absolute atomic E-state index is 0.253. The van der Waals surface area contributed by atoms with Gasteiger partial charge >= 0.3 is 5.97 Å². The standard InChI is InChI=1S/C13H15N3O3/c1-9(17)12-15-14-8-16(12)11(13(18)19)7-10-5-3-2-4-6-10/h2-6,8-9,11,17H,7H2,1H3,(H,18,19). The van der Waals surface area contributed by atoms with Crippen LogP contribution in [0, 0.1) is 0 Å². The Morgan fingerprint density at radius 2 is 2.05 bits per heavy atom. The van der Waals surface area contributed by atoms with Crippen molar-refractivity contribution in [1.82, 2.24) is 14.8 Å². The molecule has 1 aromatic heterocycles. The van der Waals surface area contributed by atoms with Crippen LogP contribution in [0.2, 0.25) is 0 Å². The normalized spacial score (nSPS) is 14.0. The van der Waals surface area contributed by atoms with Crippen LogP contribution >= 0.6 is 0 Å². The van der Waals surface area contributed by atoms with Crippen LogP contribution in [-0.2, 0) is 11.2 Å². The number of rotatable bonds is 5. The summed E-state index contributed by atoms with van der Waals surface area (Å²) in [5, 5.41) is 26.4. The number of aliphatic carboxylic acids is 1. The quantitative estimate of drug-likeness (QED) is 0.844. The van der Waals surface area contributed by atoms with Crippen LogP contribution in [0.4, 0.5) is 0 Å². The van der Waals surface area contributed by atoms with Crippen LogP contribution in [0.25, 0.3) is 0 Å². The fraction of sp³-hybridized carbons (Fsp3) is 0.308. The lowest BCUT2D eigenvalue weighted by atomic mass is 10.1. The van der Waals surface area contributed by atoms with E-state index in [1.165, 1.54) is 17.8 Å². The molecule has 1 aromatic carbocycles. The first-order chi connectivity index (χ1) is 9.09. The molecule has 2 rings (SSSR count). The molecule has 6 heteroatoms. The summed E-state index contributed by atoms with van der Waals surface area (Å²) in [6.45, 7) is 1.53. The lowest BCUT2D eigenvalue weighted by Gasteiger charge is -2.17. The molecule has 0 bridgehead atoms. The maximum Gasteiger partial charge on any atom is 0.327 e. The summed E-state index contributed by atoms with van der Waals surface area (Å²) in [6, 6.07) is 8.48. The van der Waals surface area contributed by atoms with Gasteiger partial charge in [-0.05, 0) is 12.5 Å². The molecule has 0 aliphatic carbocycles. The second-order valence-electron chi connectivity index (χ2n) is 4.32. The highest BCUT2D eigenvalue weighted by Crippen LogP contribution is 2.19. The predicted molar refractivity (Wildman–Crippen MR) is 67.5 cm³/mol. The van der Waals surface area contributed by atoms with Gasteiger partial charge in [-0.15, -0.1) is 10.2 Å². The van der Waals surface area contributed by atoms with Crippen LogP contribution in [0.5, 0.6) is 0 Å². The third kappa shape index (κ3) is 2.97. The molecular formula is C13H15N3O3. The van der Waals surface area contributed by atoms with Crippen molar-refractivity contribution >= 4 is 5.97 Å². The Bertz CT molecular complexity index is 551. The molecule has 0 saturated carbocycles. The number of aromatic nitrogens is 3. The van der Waals surface area contributed by atoms with Crippen LogP contribution in [-0.4, -0.2) is 30.9 Å². The summed E-state index contributed by atoms with van der Waals surface area (Å²) < 4.78 is 1.40. The van der Waals surface area contributed by atoms with E-state index >= 15 is 0 Å². The average molecular weight is 261 g/mol. The molecule has 0 amide bonds. The third-order valence-electron chi connectivity index (χ3n) is 2.87. The number of aliphatic hydroxyl groups excluding tert-OH is 1. The van der Waals surface area contributed by atoms with Gasteiger partial charge in [-0.25, -0.2) is 4.79 Å². The highest BCUT2D eigenvalue weighted by atomic mass is 16.4. The van der Waals surface area contributed by atoms with Crippen molar-refractivity contribution in [2.75, 3.05) is 0 Å². The smallest absolute Gasteiger partial charge is 0.327 e. The summed E-state index contributed by atoms with van der Waals surface area (Å²) in [5.74, 6) is -0.728. The molecule has 0 spiro atoms. The summed E-state index contributed by atoms with van der Waals surface area (Å²) in [5.41, 5.74) is 0.903. The van der Waals surface area contributed by atoms with Gasteiger partial charge in [0.15, 0.2) is 5.82 Å². The van der Waals surface area contributed by atoms with E-state index in [4.69, 9.17) is 0 Å². The molecule has 0 aliphatic rings. The van der Waals surface area contributed by atoms with Crippen molar-refractivity contribution < 1.29 is 15.0 Å². The molecule has 6 nitrogen and oxygen atoms in total. The van der Waals surface area contributed by atoms with Gasteiger partial charge in [-0.1, -0.05) is 30.3 Å². The van der Waals surface area contributed by atoms with Crippen molar-refractivity contribution in [2.24, 2.45) is 0 Å². The van der Waals surface area contributed by atoms with Gasteiger partial charge in [-0.2, -0.15) is 0 Å². The molecule has 2 unspecified atom stereocenters. The largest absolute Gasteiger partial charge is 0.480 e. The Hall–Kier alpha value is -2.21. The van der Waals surface area contributed by atoms with E-state index in [9.17, 15) is 15.0 Å². The van der Waals surface area contributed by atoms with Gasteiger partial charge in [-0.3, -0.25) is 0 Å². The first kappa shape index (κ1) is 13.2. The first-order valence-electron chi connectivity index (χ1n) is 5.93. The van der Waals surface area contributed by atoms with Crippen molar-refractivity contribution in [2.45, 2.75) is 25.5 Å². The lowest BCUT2D eigenvalue weighted by molar-refractivity contribution is -0.141. The fourth-order valence-electron chi connectivity index (χ4n) is 1.93. The third-order valence-corrected chi connectivity index (χ3v) is 2.87. The SMILES string of the molecule is CC(O)c1nncn1C(Cc1ccccc1)C(=O)O. The van der Waals surface area contributed by atoms with Crippen molar-refractivity contribution in [1.29, 1.82) is 0 Å². The molecule has 19 heavy (non-hydrogen) atoms. The topological polar surface area (TPSA) is 88.2 Å². The van der Waals surface area contributed by atoms with E-state index in [1.807, 2.05) is 30.3 Å². The maximum atomic E-state index is 11.4. The van der Waals surface area contributed by atoms with Gasteiger partial charge < -0.3 is 14.8 Å². The summed E-state index contributed by atoms with van der Waals surface area (Å²) in [6.07, 6.45) is 0.790. The molecule has 0 aliphatic heterocycles. The average Bonchev–Trinajstić information content (AvgIpc) is 2.86. The minimum atomic E-state index is -0.981. The van der Waals surface area contributed by atoms with E-state index in [0.29, 0.717) is 6.42 Å². The summed E-state index contributed by atoms with van der Waals surface area (Å²) in [4.78, 5) is 11.4. The molecule has 2 aromatic rings. The van der Waals surface area contributed by atoms with Crippen molar-refractivity contribution in [3.8, 4) is 0 Å². The monoisotopic (exact) mass is 261 g/mol. The van der Waals surface area contributed by atoms with E-state index in [2.05, 4.69) is 10.2 Å². The highest BCUT2D eigenvalue weighted by Gasteiger charge is 2.24. The molecule has 0 radical (unpaired) electrons. The zero-order valence-electron chi connectivity index (χ0n) is 10.5. The number of hydrogen-bond donors (Lipinski definition) is 2. The highest BCUT2D eigenvalue weighted by molar-refractivity contribution is 5.72. The second-order valence-corrected chi connectivity index (χ2v) is 4.32. The Balaban J connectivity index is 2.30. The Kier molecular flexibility index (Phi) is 3.91. The summed E-state index contributed by atoms with van der Waals surface area (Å²) >= 11 is 0. The number of carboxylic acids is 1. The Morgan fingerprint density at radius 1 is 1.37 bits per heavy atom. The molecule has 1 heterocycles. The van der Waals surface area contributed by atoms with Crippen LogP contribution in [0.15, 0.2) is 36.7 Å². The zero-order chi connectivity index (χ0) is 13.8. The van der Waals surface area contributed by atoms with E-state index in [1.54, 1.807) is 0 Å². The Morgan fingerprint density at radius 3 is 2.63 bits per heavy atom. The predicted octanol–water partition coefficient (Wildman–Crippen LogP) is 1.20. The van der Waals surface area contributed by atoms with Crippen LogP contribution in [0.1, 0.15) is 30.5 Å². The molecule has 2 N–H and O–H groups in total. The van der Waals surface area contributed by atoms with Gasteiger partial charge in [0, 0.05) is 6.42 Å². The minimum Gasteiger partial charge on any atom is -0.480 e. The maximum absolute atomic E-state index is 11.4. The van der Waals surface area contributed by atoms with E-state index in [-0.39, 0.29) is 5.82 Å². The second kappa shape index (κ2) is 5.62. The van der Waals surface area contributed by atoms with E-state index in [0.717, 1.165) is 5.56 Å². The fourth-order valence-corrected chi connectivity index (χ4v) is 1.93. The number of aliphatic hydroxyl groups is 1. The van der Waals surface area contributed by atoms with Crippen LogP contribution in [0.3, 0.4) is 0 Å². The van der Waals surface area contributed by atoms with E-state index < -0.39 is 18.1 Å². The number of carboxylic acid groups (broad SMARTS) is 1. The van der Waals surface area contributed by atoms with Crippen molar-refractivity contribution in [3.63, 3.8) is 0 Å². The van der Waals surface area contributed by atoms with Crippen LogP contribution < -0.4 is 0 Å².